The zero-order chi connectivity index (χ0) is 17.6. The van der Waals surface area contributed by atoms with E-state index in [0.29, 0.717) is 18.6 Å². The Morgan fingerprint density at radius 3 is 2.40 bits per heavy atom. The SMILES string of the molecule is CCc1ccc(C(=O)C[C@H](c2ccccc2)[C@@H]2CCCCC2=O)cc1. The van der Waals surface area contributed by atoms with Gasteiger partial charge >= 0.3 is 0 Å². The molecule has 1 aliphatic rings. The van der Waals surface area contributed by atoms with Crippen molar-refractivity contribution in [3.8, 4) is 0 Å². The van der Waals surface area contributed by atoms with Gasteiger partial charge in [-0.3, -0.25) is 9.59 Å². The average Bonchev–Trinajstić information content (AvgIpc) is 2.67. The van der Waals surface area contributed by atoms with E-state index in [1.807, 2.05) is 42.5 Å². The minimum atomic E-state index is -0.0185. The van der Waals surface area contributed by atoms with E-state index in [0.717, 1.165) is 36.8 Å². The molecule has 2 aromatic rings. The Morgan fingerprint density at radius 1 is 1.04 bits per heavy atom. The molecule has 1 aliphatic carbocycles. The van der Waals surface area contributed by atoms with Gasteiger partial charge in [0, 0.05) is 30.2 Å². The molecule has 3 rings (SSSR count). The fourth-order valence-corrected chi connectivity index (χ4v) is 3.87. The lowest BCUT2D eigenvalue weighted by molar-refractivity contribution is -0.125. The third kappa shape index (κ3) is 4.25. The van der Waals surface area contributed by atoms with Crippen molar-refractivity contribution in [1.82, 2.24) is 0 Å². The highest BCUT2D eigenvalue weighted by molar-refractivity contribution is 5.97. The Morgan fingerprint density at radius 2 is 1.76 bits per heavy atom. The van der Waals surface area contributed by atoms with Crippen LogP contribution in [-0.2, 0) is 11.2 Å². The minimum Gasteiger partial charge on any atom is -0.299 e. The molecule has 130 valence electrons. The van der Waals surface area contributed by atoms with Crippen molar-refractivity contribution >= 4 is 11.6 Å². The first-order chi connectivity index (χ1) is 12.2. The van der Waals surface area contributed by atoms with Crippen LogP contribution in [0.1, 0.15) is 66.4 Å². The molecule has 2 nitrogen and oxygen atoms in total. The van der Waals surface area contributed by atoms with Gasteiger partial charge in [-0.2, -0.15) is 0 Å². The third-order valence-electron chi connectivity index (χ3n) is 5.40. The lowest BCUT2D eigenvalue weighted by Crippen LogP contribution is -2.27. The van der Waals surface area contributed by atoms with Crippen molar-refractivity contribution in [2.24, 2.45) is 5.92 Å². The number of hydrogen-bond donors (Lipinski definition) is 0. The number of aryl methyl sites for hydroxylation is 1. The average molecular weight is 334 g/mol. The van der Waals surface area contributed by atoms with Crippen LogP contribution in [0.15, 0.2) is 54.6 Å². The summed E-state index contributed by atoms with van der Waals surface area (Å²) in [5.74, 6) is 0.437. The van der Waals surface area contributed by atoms with E-state index in [-0.39, 0.29) is 17.6 Å². The predicted molar refractivity (Wildman–Crippen MR) is 101 cm³/mol. The highest BCUT2D eigenvalue weighted by Gasteiger charge is 2.32. The summed E-state index contributed by atoms with van der Waals surface area (Å²) in [5.41, 5.74) is 3.10. The van der Waals surface area contributed by atoms with Gasteiger partial charge in [-0.1, -0.05) is 67.9 Å². The van der Waals surface area contributed by atoms with Gasteiger partial charge in [-0.15, -0.1) is 0 Å². The summed E-state index contributed by atoms with van der Waals surface area (Å²) in [6, 6.07) is 18.0. The molecule has 0 radical (unpaired) electrons. The van der Waals surface area contributed by atoms with Gasteiger partial charge in [0.1, 0.15) is 5.78 Å². The van der Waals surface area contributed by atoms with Crippen molar-refractivity contribution in [3.05, 3.63) is 71.3 Å². The van der Waals surface area contributed by atoms with Crippen molar-refractivity contribution in [2.75, 3.05) is 0 Å². The molecule has 0 aliphatic heterocycles. The number of Topliss-reactive ketones (excluding diaryl/α,β-unsaturated/α-hetero) is 2. The fraction of sp³-hybridized carbons (Fsp3) is 0.391. The molecule has 0 unspecified atom stereocenters. The maximum absolute atomic E-state index is 12.9. The topological polar surface area (TPSA) is 34.1 Å². The summed E-state index contributed by atoms with van der Waals surface area (Å²) in [6.07, 6.45) is 5.01. The Bertz CT molecular complexity index is 716. The molecule has 25 heavy (non-hydrogen) atoms. The summed E-state index contributed by atoms with van der Waals surface area (Å²) < 4.78 is 0. The second-order valence-corrected chi connectivity index (χ2v) is 7.01. The molecule has 2 aromatic carbocycles. The first-order valence-corrected chi connectivity index (χ1v) is 9.39. The normalized spacial score (nSPS) is 18.8. The molecule has 0 amide bonds. The fourth-order valence-electron chi connectivity index (χ4n) is 3.87. The van der Waals surface area contributed by atoms with Crippen molar-refractivity contribution in [2.45, 2.75) is 51.4 Å². The second kappa shape index (κ2) is 8.24. The molecule has 0 heterocycles. The molecule has 0 bridgehead atoms. The number of ketones is 2. The van der Waals surface area contributed by atoms with Crippen molar-refractivity contribution < 1.29 is 9.59 Å². The van der Waals surface area contributed by atoms with Crippen LogP contribution in [0.3, 0.4) is 0 Å². The zero-order valence-electron chi connectivity index (χ0n) is 14.9. The van der Waals surface area contributed by atoms with Crippen LogP contribution in [0, 0.1) is 5.92 Å². The van der Waals surface area contributed by atoms with Crippen LogP contribution in [0.5, 0.6) is 0 Å². The molecule has 2 heteroatoms. The first-order valence-electron chi connectivity index (χ1n) is 9.39. The summed E-state index contributed by atoms with van der Waals surface area (Å²) in [4.78, 5) is 25.4. The first kappa shape index (κ1) is 17.6. The van der Waals surface area contributed by atoms with Gasteiger partial charge in [0.05, 0.1) is 0 Å². The molecule has 0 N–H and O–H groups in total. The van der Waals surface area contributed by atoms with Gasteiger partial charge < -0.3 is 0 Å². The quantitative estimate of drug-likeness (QED) is 0.666. The summed E-state index contributed by atoms with van der Waals surface area (Å²) in [6.45, 7) is 2.11. The highest BCUT2D eigenvalue weighted by atomic mass is 16.1. The van der Waals surface area contributed by atoms with Gasteiger partial charge in [0.15, 0.2) is 5.78 Å². The summed E-state index contributed by atoms with van der Waals surface area (Å²) >= 11 is 0. The molecular weight excluding hydrogens is 308 g/mol. The molecule has 0 spiro atoms. The molecule has 0 aromatic heterocycles. The van der Waals surface area contributed by atoms with Gasteiger partial charge in [-0.25, -0.2) is 0 Å². The maximum atomic E-state index is 12.9. The van der Waals surface area contributed by atoms with Crippen LogP contribution in [0.2, 0.25) is 0 Å². The van der Waals surface area contributed by atoms with Crippen LogP contribution < -0.4 is 0 Å². The van der Waals surface area contributed by atoms with Crippen molar-refractivity contribution in [1.29, 1.82) is 0 Å². The van der Waals surface area contributed by atoms with E-state index < -0.39 is 0 Å². The summed E-state index contributed by atoms with van der Waals surface area (Å²) in [5, 5.41) is 0. The van der Waals surface area contributed by atoms with Crippen molar-refractivity contribution in [3.63, 3.8) is 0 Å². The van der Waals surface area contributed by atoms with E-state index in [1.165, 1.54) is 5.56 Å². The maximum Gasteiger partial charge on any atom is 0.163 e. The Balaban J connectivity index is 1.83. The lowest BCUT2D eigenvalue weighted by atomic mass is 9.73. The standard InChI is InChI=1S/C23H26O2/c1-2-17-12-14-19(15-13-17)23(25)16-21(18-8-4-3-5-9-18)20-10-6-7-11-22(20)24/h3-5,8-9,12-15,20-21H,2,6-7,10-11,16H2,1H3/t20-,21+/m0/s1. The summed E-state index contributed by atoms with van der Waals surface area (Å²) in [7, 11) is 0. The Hall–Kier alpha value is -2.22. The Kier molecular flexibility index (Phi) is 5.80. The molecule has 1 fully saturated rings. The third-order valence-corrected chi connectivity index (χ3v) is 5.40. The van der Waals surface area contributed by atoms with Gasteiger partial charge in [-0.05, 0) is 30.4 Å². The van der Waals surface area contributed by atoms with E-state index in [4.69, 9.17) is 0 Å². The van der Waals surface area contributed by atoms with Crippen LogP contribution in [-0.4, -0.2) is 11.6 Å². The second-order valence-electron chi connectivity index (χ2n) is 7.01. The lowest BCUT2D eigenvalue weighted by Gasteiger charge is -2.29. The number of carbonyl (C=O) groups excluding carboxylic acids is 2. The monoisotopic (exact) mass is 334 g/mol. The molecule has 0 saturated heterocycles. The van der Waals surface area contributed by atoms with E-state index in [9.17, 15) is 9.59 Å². The molecular formula is C23H26O2. The molecule has 2 atom stereocenters. The predicted octanol–water partition coefficient (Wildman–Crippen LogP) is 5.36. The zero-order valence-corrected chi connectivity index (χ0v) is 14.9. The minimum absolute atomic E-state index is 0.00708. The smallest absolute Gasteiger partial charge is 0.163 e. The van der Waals surface area contributed by atoms with Crippen LogP contribution in [0.25, 0.3) is 0 Å². The number of hydrogen-bond acceptors (Lipinski definition) is 2. The van der Waals surface area contributed by atoms with Crippen LogP contribution in [0.4, 0.5) is 0 Å². The van der Waals surface area contributed by atoms with Gasteiger partial charge in [0.2, 0.25) is 0 Å². The Labute approximate surface area is 150 Å². The molecule has 1 saturated carbocycles. The van der Waals surface area contributed by atoms with E-state index in [1.54, 1.807) is 0 Å². The van der Waals surface area contributed by atoms with Gasteiger partial charge in [0.25, 0.3) is 0 Å². The van der Waals surface area contributed by atoms with Crippen LogP contribution >= 0.6 is 0 Å². The number of carbonyl (C=O) groups is 2. The van der Waals surface area contributed by atoms with E-state index in [2.05, 4.69) is 19.1 Å². The number of benzene rings is 2. The largest absolute Gasteiger partial charge is 0.299 e. The van der Waals surface area contributed by atoms with E-state index >= 15 is 0 Å². The number of rotatable bonds is 6. The highest BCUT2D eigenvalue weighted by Crippen LogP contribution is 2.37.